The van der Waals surface area contributed by atoms with Crippen molar-refractivity contribution in [3.8, 4) is 0 Å². The summed E-state index contributed by atoms with van der Waals surface area (Å²) >= 11 is 3.41. The number of nitrogen functional groups attached to an aromatic ring is 1. The summed E-state index contributed by atoms with van der Waals surface area (Å²) in [7, 11) is 0. The zero-order chi connectivity index (χ0) is 10.7. The van der Waals surface area contributed by atoms with Gasteiger partial charge in [0, 0.05) is 16.2 Å². The van der Waals surface area contributed by atoms with Gasteiger partial charge in [-0.2, -0.15) is 0 Å². The summed E-state index contributed by atoms with van der Waals surface area (Å²) < 4.78 is 0.989. The normalized spacial score (nSPS) is 21.5. The molecule has 1 aliphatic heterocycles. The number of nitrogens with two attached hydrogens (primary N) is 1. The minimum absolute atomic E-state index is 0.638. The van der Waals surface area contributed by atoms with E-state index < -0.39 is 0 Å². The zero-order valence-corrected chi connectivity index (χ0v) is 10.4. The number of piperidine rings is 1. The first-order valence-electron chi connectivity index (χ1n) is 5.53. The minimum atomic E-state index is 0.638. The lowest BCUT2D eigenvalue weighted by atomic mass is 9.98. The molecule has 0 aromatic heterocycles. The first-order valence-corrected chi connectivity index (χ1v) is 6.32. The Morgan fingerprint density at radius 1 is 1.40 bits per heavy atom. The van der Waals surface area contributed by atoms with Crippen LogP contribution in [0.3, 0.4) is 0 Å². The molecule has 1 aliphatic rings. The predicted octanol–water partition coefficient (Wildman–Crippen LogP) is 2.72. The second-order valence-corrected chi connectivity index (χ2v) is 5.06. The van der Waals surface area contributed by atoms with Crippen LogP contribution in [0.15, 0.2) is 22.7 Å². The molecule has 1 aromatic rings. The molecule has 0 bridgehead atoms. The van der Waals surface area contributed by atoms with Crippen LogP contribution in [0, 0.1) is 0 Å². The monoisotopic (exact) mass is 268 g/mol. The lowest BCUT2D eigenvalue weighted by Gasteiger charge is -2.23. The van der Waals surface area contributed by atoms with E-state index in [-0.39, 0.29) is 0 Å². The summed E-state index contributed by atoms with van der Waals surface area (Å²) in [4.78, 5) is 0. The molecule has 1 unspecified atom stereocenters. The van der Waals surface area contributed by atoms with Gasteiger partial charge in [-0.3, -0.25) is 0 Å². The van der Waals surface area contributed by atoms with E-state index in [1.807, 2.05) is 6.07 Å². The van der Waals surface area contributed by atoms with Crippen molar-refractivity contribution in [2.45, 2.75) is 31.7 Å². The van der Waals surface area contributed by atoms with E-state index in [4.69, 9.17) is 5.73 Å². The fourth-order valence-electron chi connectivity index (χ4n) is 2.10. The first kappa shape index (κ1) is 11.0. The van der Waals surface area contributed by atoms with Crippen LogP contribution in [0.5, 0.6) is 0 Å². The number of rotatable bonds is 2. The Labute approximate surface area is 99.4 Å². The molecule has 2 nitrogen and oxygen atoms in total. The topological polar surface area (TPSA) is 38.0 Å². The van der Waals surface area contributed by atoms with Gasteiger partial charge in [-0.25, -0.2) is 0 Å². The number of hydrogen-bond donors (Lipinski definition) is 2. The Morgan fingerprint density at radius 3 is 2.93 bits per heavy atom. The highest BCUT2D eigenvalue weighted by atomic mass is 79.9. The van der Waals surface area contributed by atoms with Crippen LogP contribution in [0.1, 0.15) is 24.8 Å². The maximum atomic E-state index is 5.86. The lowest BCUT2D eigenvalue weighted by Crippen LogP contribution is -2.35. The van der Waals surface area contributed by atoms with Gasteiger partial charge in [-0.05, 0) is 59.4 Å². The van der Waals surface area contributed by atoms with Crippen LogP contribution in [0.2, 0.25) is 0 Å². The third kappa shape index (κ3) is 2.95. The highest BCUT2D eigenvalue weighted by Crippen LogP contribution is 2.22. The second kappa shape index (κ2) is 4.99. The van der Waals surface area contributed by atoms with Gasteiger partial charge in [0.25, 0.3) is 0 Å². The fourth-order valence-corrected chi connectivity index (χ4v) is 2.35. The van der Waals surface area contributed by atoms with Gasteiger partial charge in [-0.1, -0.05) is 12.5 Å². The summed E-state index contributed by atoms with van der Waals surface area (Å²) in [5.41, 5.74) is 8.02. The summed E-state index contributed by atoms with van der Waals surface area (Å²) in [5, 5.41) is 3.55. The molecule has 82 valence electrons. The number of halogens is 1. The van der Waals surface area contributed by atoms with Gasteiger partial charge in [0.15, 0.2) is 0 Å². The van der Waals surface area contributed by atoms with E-state index in [0.29, 0.717) is 6.04 Å². The number of hydrogen-bond acceptors (Lipinski definition) is 2. The highest BCUT2D eigenvalue weighted by molar-refractivity contribution is 9.10. The summed E-state index contributed by atoms with van der Waals surface area (Å²) in [6.07, 6.45) is 5.05. The molecule has 2 rings (SSSR count). The van der Waals surface area contributed by atoms with Crippen LogP contribution in [-0.2, 0) is 6.42 Å². The summed E-state index contributed by atoms with van der Waals surface area (Å²) in [6.45, 7) is 1.16. The molecule has 0 spiro atoms. The first-order chi connectivity index (χ1) is 7.25. The van der Waals surface area contributed by atoms with Crippen molar-refractivity contribution < 1.29 is 0 Å². The molecular formula is C12H17BrN2. The molecule has 1 saturated heterocycles. The average molecular weight is 269 g/mol. The third-order valence-electron chi connectivity index (χ3n) is 2.95. The van der Waals surface area contributed by atoms with Crippen molar-refractivity contribution in [1.29, 1.82) is 0 Å². The van der Waals surface area contributed by atoms with E-state index >= 15 is 0 Å². The van der Waals surface area contributed by atoms with Crippen LogP contribution in [0.4, 0.5) is 5.69 Å². The third-order valence-corrected chi connectivity index (χ3v) is 3.68. The Hall–Kier alpha value is -0.540. The lowest BCUT2D eigenvalue weighted by molar-refractivity contribution is 0.399. The molecule has 3 heteroatoms. The van der Waals surface area contributed by atoms with Crippen molar-refractivity contribution in [3.63, 3.8) is 0 Å². The summed E-state index contributed by atoms with van der Waals surface area (Å²) in [6, 6.07) is 6.89. The average Bonchev–Trinajstić information content (AvgIpc) is 2.25. The SMILES string of the molecule is Nc1cc(CC2CCCCN2)ccc1Br. The molecule has 3 N–H and O–H groups in total. The molecule has 0 aliphatic carbocycles. The van der Waals surface area contributed by atoms with Crippen LogP contribution >= 0.6 is 15.9 Å². The van der Waals surface area contributed by atoms with E-state index in [0.717, 1.165) is 23.1 Å². The van der Waals surface area contributed by atoms with Gasteiger partial charge >= 0.3 is 0 Å². The Morgan fingerprint density at radius 2 is 2.27 bits per heavy atom. The molecule has 15 heavy (non-hydrogen) atoms. The molecule has 1 fully saturated rings. The highest BCUT2D eigenvalue weighted by Gasteiger charge is 2.13. The van der Waals surface area contributed by atoms with Gasteiger partial charge < -0.3 is 11.1 Å². The van der Waals surface area contributed by atoms with Crippen molar-refractivity contribution in [3.05, 3.63) is 28.2 Å². The van der Waals surface area contributed by atoms with E-state index in [1.165, 1.54) is 24.8 Å². The number of anilines is 1. The van der Waals surface area contributed by atoms with Crippen molar-refractivity contribution >= 4 is 21.6 Å². The van der Waals surface area contributed by atoms with Crippen LogP contribution in [-0.4, -0.2) is 12.6 Å². The van der Waals surface area contributed by atoms with Crippen LogP contribution < -0.4 is 11.1 Å². The standard InChI is InChI=1S/C12H17BrN2/c13-11-5-4-9(8-12(11)14)7-10-3-1-2-6-15-10/h4-5,8,10,15H,1-3,6-7,14H2. The molecule has 0 saturated carbocycles. The van der Waals surface area contributed by atoms with E-state index in [2.05, 4.69) is 33.4 Å². The summed E-state index contributed by atoms with van der Waals surface area (Å²) in [5.74, 6) is 0. The quantitative estimate of drug-likeness (QED) is 0.810. The van der Waals surface area contributed by atoms with Crippen molar-refractivity contribution in [2.75, 3.05) is 12.3 Å². The molecule has 1 aromatic carbocycles. The molecule has 0 amide bonds. The molecule has 1 atom stereocenters. The van der Waals surface area contributed by atoms with Gasteiger partial charge in [-0.15, -0.1) is 0 Å². The van der Waals surface area contributed by atoms with E-state index in [1.54, 1.807) is 0 Å². The predicted molar refractivity (Wildman–Crippen MR) is 67.9 cm³/mol. The maximum Gasteiger partial charge on any atom is 0.0461 e. The molecule has 1 heterocycles. The number of nitrogens with one attached hydrogen (secondary N) is 1. The zero-order valence-electron chi connectivity index (χ0n) is 8.80. The van der Waals surface area contributed by atoms with Gasteiger partial charge in [0.05, 0.1) is 0 Å². The van der Waals surface area contributed by atoms with E-state index in [9.17, 15) is 0 Å². The van der Waals surface area contributed by atoms with Gasteiger partial charge in [0.2, 0.25) is 0 Å². The van der Waals surface area contributed by atoms with Gasteiger partial charge in [0.1, 0.15) is 0 Å². The Bertz CT molecular complexity index is 332. The maximum absolute atomic E-state index is 5.86. The van der Waals surface area contributed by atoms with Crippen LogP contribution in [0.25, 0.3) is 0 Å². The van der Waals surface area contributed by atoms with Crippen molar-refractivity contribution in [2.24, 2.45) is 0 Å². The fraction of sp³-hybridized carbons (Fsp3) is 0.500. The minimum Gasteiger partial charge on any atom is -0.398 e. The van der Waals surface area contributed by atoms with Crippen molar-refractivity contribution in [1.82, 2.24) is 5.32 Å². The Kier molecular flexibility index (Phi) is 3.65. The Balaban J connectivity index is 2.00. The largest absolute Gasteiger partial charge is 0.398 e. The second-order valence-electron chi connectivity index (χ2n) is 4.21. The molecule has 0 radical (unpaired) electrons. The molecular weight excluding hydrogens is 252 g/mol. The smallest absolute Gasteiger partial charge is 0.0461 e. The number of benzene rings is 1.